The molecule has 0 spiro atoms. The molecule has 0 saturated carbocycles. The summed E-state index contributed by atoms with van der Waals surface area (Å²) in [4.78, 5) is 11.9. The van der Waals surface area contributed by atoms with Crippen molar-refractivity contribution in [2.45, 2.75) is 25.2 Å². The highest BCUT2D eigenvalue weighted by Gasteiger charge is 2.25. The second-order valence-electron chi connectivity index (χ2n) is 3.11. The van der Waals surface area contributed by atoms with Crippen LogP contribution in [-0.4, -0.2) is 21.0 Å². The minimum Gasteiger partial charge on any atom is -0.462 e. The molecule has 1 aromatic heterocycles. The molecule has 1 rings (SSSR count). The molecule has 0 atom stereocenters. The Labute approximate surface area is 103 Å². The Morgan fingerprint density at radius 2 is 2.19 bits per heavy atom. The zero-order valence-electron chi connectivity index (χ0n) is 8.82. The van der Waals surface area contributed by atoms with E-state index in [2.05, 4.69) is 0 Å². The van der Waals surface area contributed by atoms with Gasteiger partial charge in [0, 0.05) is 20.9 Å². The van der Waals surface area contributed by atoms with Gasteiger partial charge in [-0.05, 0) is 13.3 Å². The number of esters is 1. The van der Waals surface area contributed by atoms with Crippen LogP contribution in [0, 0.1) is 6.92 Å². The summed E-state index contributed by atoms with van der Waals surface area (Å²) in [7, 11) is 1.35. The number of halogens is 1. The molecule has 16 heavy (non-hydrogen) atoms. The summed E-state index contributed by atoms with van der Waals surface area (Å²) in [6, 6.07) is 0. The molecule has 0 saturated heterocycles. The summed E-state index contributed by atoms with van der Waals surface area (Å²) in [6.45, 7) is 3.71. The molecule has 0 N–H and O–H groups in total. The highest BCUT2D eigenvalue weighted by molar-refractivity contribution is 8.14. The SMILES string of the molecule is CCCOC(=O)c1csc(C)c1S(=O)(=O)Cl. The largest absolute Gasteiger partial charge is 0.462 e. The van der Waals surface area contributed by atoms with E-state index in [1.165, 1.54) is 5.38 Å². The van der Waals surface area contributed by atoms with Gasteiger partial charge in [0.1, 0.15) is 4.90 Å². The normalized spacial score (nSPS) is 11.4. The van der Waals surface area contributed by atoms with E-state index in [-0.39, 0.29) is 17.1 Å². The highest BCUT2D eigenvalue weighted by atomic mass is 35.7. The lowest BCUT2D eigenvalue weighted by Gasteiger charge is -2.03. The predicted octanol–water partition coefficient (Wildman–Crippen LogP) is 2.55. The van der Waals surface area contributed by atoms with Crippen LogP contribution < -0.4 is 0 Å². The van der Waals surface area contributed by atoms with E-state index in [9.17, 15) is 13.2 Å². The second kappa shape index (κ2) is 5.16. The van der Waals surface area contributed by atoms with Crippen molar-refractivity contribution in [1.29, 1.82) is 0 Å². The van der Waals surface area contributed by atoms with Crippen molar-refractivity contribution < 1.29 is 17.9 Å². The monoisotopic (exact) mass is 282 g/mol. The lowest BCUT2D eigenvalue weighted by Crippen LogP contribution is -2.08. The van der Waals surface area contributed by atoms with Crippen LogP contribution >= 0.6 is 22.0 Å². The number of carbonyl (C=O) groups is 1. The van der Waals surface area contributed by atoms with Gasteiger partial charge in [0.15, 0.2) is 0 Å². The van der Waals surface area contributed by atoms with Gasteiger partial charge in [0.2, 0.25) is 0 Å². The Balaban J connectivity index is 3.11. The molecule has 0 aliphatic carbocycles. The first-order valence-electron chi connectivity index (χ1n) is 4.57. The molecular formula is C9H11ClO4S2. The van der Waals surface area contributed by atoms with Crippen molar-refractivity contribution in [3.63, 3.8) is 0 Å². The Kier molecular flexibility index (Phi) is 4.35. The van der Waals surface area contributed by atoms with Crippen LogP contribution in [0.25, 0.3) is 0 Å². The van der Waals surface area contributed by atoms with Gasteiger partial charge in [-0.15, -0.1) is 11.3 Å². The Morgan fingerprint density at radius 1 is 1.56 bits per heavy atom. The third kappa shape index (κ3) is 2.96. The zero-order valence-corrected chi connectivity index (χ0v) is 11.2. The van der Waals surface area contributed by atoms with Gasteiger partial charge >= 0.3 is 5.97 Å². The molecular weight excluding hydrogens is 272 g/mol. The minimum absolute atomic E-state index is 0.0194. The molecule has 7 heteroatoms. The molecule has 0 bridgehead atoms. The predicted molar refractivity (Wildman–Crippen MR) is 62.7 cm³/mol. The lowest BCUT2D eigenvalue weighted by atomic mass is 10.3. The van der Waals surface area contributed by atoms with Crippen LogP contribution in [0.15, 0.2) is 10.3 Å². The van der Waals surface area contributed by atoms with Crippen molar-refractivity contribution in [3.8, 4) is 0 Å². The van der Waals surface area contributed by atoms with E-state index >= 15 is 0 Å². The van der Waals surface area contributed by atoms with E-state index in [1.54, 1.807) is 6.92 Å². The number of ether oxygens (including phenoxy) is 1. The van der Waals surface area contributed by atoms with E-state index < -0.39 is 15.0 Å². The van der Waals surface area contributed by atoms with Crippen LogP contribution in [0.5, 0.6) is 0 Å². The number of hydrogen-bond donors (Lipinski definition) is 0. The van der Waals surface area contributed by atoms with Gasteiger partial charge < -0.3 is 4.74 Å². The topological polar surface area (TPSA) is 60.4 Å². The summed E-state index contributed by atoms with van der Waals surface area (Å²) in [5, 5.41) is 1.45. The van der Waals surface area contributed by atoms with E-state index in [4.69, 9.17) is 15.4 Å². The summed E-state index contributed by atoms with van der Waals surface area (Å²) in [5.41, 5.74) is 0.0194. The molecule has 0 aliphatic rings. The summed E-state index contributed by atoms with van der Waals surface area (Å²) < 4.78 is 27.4. The van der Waals surface area contributed by atoms with Gasteiger partial charge in [0.25, 0.3) is 9.05 Å². The van der Waals surface area contributed by atoms with Crippen LogP contribution in [0.1, 0.15) is 28.6 Å². The molecule has 1 aromatic rings. The van der Waals surface area contributed by atoms with E-state index in [1.807, 2.05) is 6.92 Å². The minimum atomic E-state index is -3.91. The standard InChI is InChI=1S/C9H11ClO4S2/c1-3-4-14-9(11)7-5-15-6(2)8(7)16(10,12)13/h5H,3-4H2,1-2H3. The van der Waals surface area contributed by atoms with Gasteiger partial charge in [-0.2, -0.15) is 0 Å². The zero-order chi connectivity index (χ0) is 12.3. The molecule has 0 aromatic carbocycles. The van der Waals surface area contributed by atoms with E-state index in [0.29, 0.717) is 11.3 Å². The molecule has 0 aliphatic heterocycles. The maximum atomic E-state index is 11.5. The molecule has 90 valence electrons. The first-order valence-corrected chi connectivity index (χ1v) is 7.76. The van der Waals surface area contributed by atoms with Crippen LogP contribution in [-0.2, 0) is 13.8 Å². The number of rotatable bonds is 4. The maximum absolute atomic E-state index is 11.5. The maximum Gasteiger partial charge on any atom is 0.340 e. The second-order valence-corrected chi connectivity index (χ2v) is 6.70. The fourth-order valence-electron chi connectivity index (χ4n) is 1.16. The van der Waals surface area contributed by atoms with Crippen molar-refractivity contribution >= 4 is 37.0 Å². The molecule has 0 unspecified atom stereocenters. The molecule has 4 nitrogen and oxygen atoms in total. The van der Waals surface area contributed by atoms with Crippen molar-refractivity contribution in [3.05, 3.63) is 15.8 Å². The van der Waals surface area contributed by atoms with Gasteiger partial charge in [0.05, 0.1) is 12.2 Å². The summed E-state index contributed by atoms with van der Waals surface area (Å²) in [6.07, 6.45) is 0.678. The third-order valence-electron chi connectivity index (χ3n) is 1.82. The average Bonchev–Trinajstić information content (AvgIpc) is 2.56. The summed E-state index contributed by atoms with van der Waals surface area (Å²) >= 11 is 1.16. The van der Waals surface area contributed by atoms with Gasteiger partial charge in [-0.3, -0.25) is 0 Å². The fourth-order valence-corrected chi connectivity index (χ4v) is 3.92. The first-order chi connectivity index (χ1) is 7.38. The average molecular weight is 283 g/mol. The van der Waals surface area contributed by atoms with Crippen molar-refractivity contribution in [1.82, 2.24) is 0 Å². The van der Waals surface area contributed by atoms with E-state index in [0.717, 1.165) is 11.3 Å². The third-order valence-corrected chi connectivity index (χ3v) is 4.34. The van der Waals surface area contributed by atoms with Crippen LogP contribution in [0.3, 0.4) is 0 Å². The summed E-state index contributed by atoms with van der Waals surface area (Å²) in [5.74, 6) is -0.648. The van der Waals surface area contributed by atoms with Crippen molar-refractivity contribution in [2.24, 2.45) is 0 Å². The lowest BCUT2D eigenvalue weighted by molar-refractivity contribution is 0.0501. The number of carbonyl (C=O) groups excluding carboxylic acids is 1. The Morgan fingerprint density at radius 3 is 2.69 bits per heavy atom. The van der Waals surface area contributed by atoms with Crippen molar-refractivity contribution in [2.75, 3.05) is 6.61 Å². The number of thiophene rings is 1. The highest BCUT2D eigenvalue weighted by Crippen LogP contribution is 2.29. The molecule has 1 heterocycles. The molecule has 0 fully saturated rings. The quantitative estimate of drug-likeness (QED) is 0.629. The Bertz CT molecular complexity index is 490. The smallest absolute Gasteiger partial charge is 0.340 e. The fraction of sp³-hybridized carbons (Fsp3) is 0.444. The van der Waals surface area contributed by atoms with Crippen LogP contribution in [0.4, 0.5) is 0 Å². The van der Waals surface area contributed by atoms with Crippen LogP contribution in [0.2, 0.25) is 0 Å². The molecule has 0 radical (unpaired) electrons. The molecule has 0 amide bonds. The number of hydrogen-bond acceptors (Lipinski definition) is 5. The van der Waals surface area contributed by atoms with Gasteiger partial charge in [-0.1, -0.05) is 6.92 Å². The van der Waals surface area contributed by atoms with Gasteiger partial charge in [-0.25, -0.2) is 13.2 Å². The first kappa shape index (κ1) is 13.5. The Hall–Kier alpha value is -0.590. The number of aryl methyl sites for hydroxylation is 1.